The Kier molecular flexibility index (Phi) is 4.50. The first-order valence-electron chi connectivity index (χ1n) is 6.54. The van der Waals surface area contributed by atoms with Crippen molar-refractivity contribution in [1.29, 1.82) is 0 Å². The van der Waals surface area contributed by atoms with Gasteiger partial charge in [0.25, 0.3) is 0 Å². The molecule has 6 heteroatoms. The van der Waals surface area contributed by atoms with E-state index in [1.54, 1.807) is 0 Å². The van der Waals surface area contributed by atoms with Crippen LogP contribution >= 0.6 is 11.6 Å². The third-order valence-electron chi connectivity index (χ3n) is 3.80. The quantitative estimate of drug-likeness (QED) is 0.800. The number of nitrogens with one attached hydrogen (secondary N) is 1. The van der Waals surface area contributed by atoms with Gasteiger partial charge in [-0.3, -0.25) is 4.79 Å². The van der Waals surface area contributed by atoms with Gasteiger partial charge in [-0.25, -0.2) is 4.39 Å². The summed E-state index contributed by atoms with van der Waals surface area (Å²) in [6, 6.07) is 4.17. The number of aliphatic carboxylic acids is 1. The molecule has 0 radical (unpaired) electrons. The van der Waals surface area contributed by atoms with Crippen LogP contribution in [0.2, 0.25) is 5.02 Å². The minimum absolute atomic E-state index is 0.177. The number of rotatable bonds is 4. The Labute approximate surface area is 121 Å². The van der Waals surface area contributed by atoms with Crippen LogP contribution in [0.4, 0.5) is 10.1 Å². The van der Waals surface area contributed by atoms with Gasteiger partial charge in [-0.05, 0) is 43.9 Å². The molecule has 1 aromatic rings. The van der Waals surface area contributed by atoms with Crippen LogP contribution < -0.4 is 5.32 Å². The Hall–Kier alpha value is -1.33. The molecule has 0 heterocycles. The van der Waals surface area contributed by atoms with Gasteiger partial charge in [0.05, 0.1) is 17.2 Å². The molecule has 1 aliphatic carbocycles. The summed E-state index contributed by atoms with van der Waals surface area (Å²) in [6.07, 6.45) is 1.65. The van der Waals surface area contributed by atoms with Gasteiger partial charge in [-0.2, -0.15) is 0 Å². The van der Waals surface area contributed by atoms with E-state index in [2.05, 4.69) is 5.32 Å². The van der Waals surface area contributed by atoms with E-state index < -0.39 is 23.3 Å². The molecule has 2 rings (SSSR count). The van der Waals surface area contributed by atoms with Gasteiger partial charge >= 0.3 is 5.97 Å². The highest BCUT2D eigenvalue weighted by molar-refractivity contribution is 6.30. The van der Waals surface area contributed by atoms with Crippen molar-refractivity contribution in [3.63, 3.8) is 0 Å². The number of hydrogen-bond acceptors (Lipinski definition) is 3. The number of carboxylic acid groups (broad SMARTS) is 1. The Morgan fingerprint density at radius 3 is 2.70 bits per heavy atom. The lowest BCUT2D eigenvalue weighted by atomic mass is 9.79. The highest BCUT2D eigenvalue weighted by Gasteiger charge is 2.35. The third-order valence-corrected chi connectivity index (χ3v) is 4.04. The van der Waals surface area contributed by atoms with E-state index in [4.69, 9.17) is 16.7 Å². The van der Waals surface area contributed by atoms with Crippen LogP contribution in [-0.2, 0) is 4.79 Å². The van der Waals surface area contributed by atoms with Crippen LogP contribution in [0.1, 0.15) is 25.7 Å². The Bertz CT molecular complexity index is 501. The number of halogens is 2. The molecule has 0 aromatic heterocycles. The smallest absolute Gasteiger partial charge is 0.306 e. The first-order valence-corrected chi connectivity index (χ1v) is 6.91. The topological polar surface area (TPSA) is 69.6 Å². The molecule has 0 saturated heterocycles. The van der Waals surface area contributed by atoms with Crippen molar-refractivity contribution in [1.82, 2.24) is 0 Å². The molecular formula is C14H17ClFNO3. The van der Waals surface area contributed by atoms with Gasteiger partial charge in [-0.15, -0.1) is 0 Å². The number of benzene rings is 1. The predicted octanol–water partition coefficient (Wildman–Crippen LogP) is 2.90. The van der Waals surface area contributed by atoms with E-state index in [9.17, 15) is 14.3 Å². The summed E-state index contributed by atoms with van der Waals surface area (Å²) in [5, 5.41) is 22.6. The maximum Gasteiger partial charge on any atom is 0.306 e. The summed E-state index contributed by atoms with van der Waals surface area (Å²) in [7, 11) is 0. The van der Waals surface area contributed by atoms with Crippen LogP contribution in [0, 0.1) is 11.7 Å². The van der Waals surface area contributed by atoms with Crippen LogP contribution in [0.3, 0.4) is 0 Å². The summed E-state index contributed by atoms with van der Waals surface area (Å²) >= 11 is 5.79. The van der Waals surface area contributed by atoms with E-state index in [0.29, 0.717) is 30.7 Å². The van der Waals surface area contributed by atoms with Crippen LogP contribution in [0.15, 0.2) is 18.2 Å². The number of aliphatic hydroxyl groups is 1. The number of hydrogen-bond donors (Lipinski definition) is 3. The molecule has 0 unspecified atom stereocenters. The molecule has 0 atom stereocenters. The largest absolute Gasteiger partial charge is 0.481 e. The Morgan fingerprint density at radius 1 is 1.45 bits per heavy atom. The summed E-state index contributed by atoms with van der Waals surface area (Å²) in [6.45, 7) is 0.177. The van der Waals surface area contributed by atoms with Gasteiger partial charge in [0.15, 0.2) is 0 Å². The average Bonchev–Trinajstić information content (AvgIpc) is 2.40. The van der Waals surface area contributed by atoms with Gasteiger partial charge in [-0.1, -0.05) is 11.6 Å². The van der Waals surface area contributed by atoms with Crippen molar-refractivity contribution >= 4 is 23.3 Å². The van der Waals surface area contributed by atoms with Gasteiger partial charge in [0, 0.05) is 11.6 Å². The molecule has 1 aromatic carbocycles. The van der Waals surface area contributed by atoms with E-state index in [-0.39, 0.29) is 12.2 Å². The van der Waals surface area contributed by atoms with Crippen molar-refractivity contribution in [3.05, 3.63) is 29.0 Å². The normalized spacial score (nSPS) is 26.2. The maximum absolute atomic E-state index is 13.5. The second kappa shape index (κ2) is 5.97. The lowest BCUT2D eigenvalue weighted by molar-refractivity contribution is -0.144. The number of carboxylic acids is 1. The lowest BCUT2D eigenvalue weighted by Gasteiger charge is -2.35. The second-order valence-electron chi connectivity index (χ2n) is 5.31. The Morgan fingerprint density at radius 2 is 2.10 bits per heavy atom. The standard InChI is InChI=1S/C14H17ClFNO3/c15-10-1-2-11(16)12(7-10)17-8-14(20)5-3-9(4-6-14)13(18)19/h1-2,7,9,17,20H,3-6,8H2,(H,18,19). The number of anilines is 1. The SMILES string of the molecule is O=C(O)C1CCC(O)(CNc2cc(Cl)ccc2F)CC1. The van der Waals surface area contributed by atoms with Gasteiger partial charge < -0.3 is 15.5 Å². The minimum atomic E-state index is -0.999. The third kappa shape index (κ3) is 3.61. The zero-order valence-electron chi connectivity index (χ0n) is 10.9. The number of carbonyl (C=O) groups is 1. The molecule has 4 nitrogen and oxygen atoms in total. The molecule has 1 saturated carbocycles. The van der Waals surface area contributed by atoms with Crippen molar-refractivity contribution in [2.24, 2.45) is 5.92 Å². The summed E-state index contributed by atoms with van der Waals surface area (Å²) in [4.78, 5) is 10.9. The van der Waals surface area contributed by atoms with E-state index in [1.165, 1.54) is 18.2 Å². The van der Waals surface area contributed by atoms with Gasteiger partial charge in [0.2, 0.25) is 0 Å². The highest BCUT2D eigenvalue weighted by Crippen LogP contribution is 2.33. The molecule has 110 valence electrons. The van der Waals surface area contributed by atoms with Crippen LogP contribution in [0.25, 0.3) is 0 Å². The zero-order chi connectivity index (χ0) is 14.8. The van der Waals surface area contributed by atoms with Crippen molar-refractivity contribution in [3.8, 4) is 0 Å². The molecular weight excluding hydrogens is 285 g/mol. The molecule has 1 aliphatic rings. The fourth-order valence-electron chi connectivity index (χ4n) is 2.47. The molecule has 0 amide bonds. The molecule has 1 fully saturated rings. The van der Waals surface area contributed by atoms with Gasteiger partial charge in [0.1, 0.15) is 5.82 Å². The molecule has 20 heavy (non-hydrogen) atoms. The van der Waals surface area contributed by atoms with E-state index in [0.717, 1.165) is 0 Å². The minimum Gasteiger partial charge on any atom is -0.481 e. The first kappa shape index (κ1) is 15.1. The molecule has 0 aliphatic heterocycles. The van der Waals surface area contributed by atoms with Crippen molar-refractivity contribution in [2.45, 2.75) is 31.3 Å². The Balaban J connectivity index is 1.94. The van der Waals surface area contributed by atoms with E-state index >= 15 is 0 Å². The molecule has 0 spiro atoms. The molecule has 0 bridgehead atoms. The predicted molar refractivity (Wildman–Crippen MR) is 74.4 cm³/mol. The first-order chi connectivity index (χ1) is 9.39. The van der Waals surface area contributed by atoms with E-state index in [1.807, 2.05) is 0 Å². The zero-order valence-corrected chi connectivity index (χ0v) is 11.7. The fraction of sp³-hybridized carbons (Fsp3) is 0.500. The van der Waals surface area contributed by atoms with Crippen molar-refractivity contribution in [2.75, 3.05) is 11.9 Å². The van der Waals surface area contributed by atoms with Crippen molar-refractivity contribution < 1.29 is 19.4 Å². The fourth-order valence-corrected chi connectivity index (χ4v) is 2.64. The van der Waals surface area contributed by atoms with Crippen LogP contribution in [-0.4, -0.2) is 28.3 Å². The second-order valence-corrected chi connectivity index (χ2v) is 5.75. The summed E-state index contributed by atoms with van der Waals surface area (Å²) in [5.74, 6) is -1.64. The summed E-state index contributed by atoms with van der Waals surface area (Å²) < 4.78 is 13.5. The van der Waals surface area contributed by atoms with Crippen LogP contribution in [0.5, 0.6) is 0 Å². The lowest BCUT2D eigenvalue weighted by Crippen LogP contribution is -2.41. The summed E-state index contributed by atoms with van der Waals surface area (Å²) in [5.41, 5.74) is -0.757. The molecule has 3 N–H and O–H groups in total. The average molecular weight is 302 g/mol. The maximum atomic E-state index is 13.5. The monoisotopic (exact) mass is 301 g/mol. The highest BCUT2D eigenvalue weighted by atomic mass is 35.5.